The molecule has 30 heavy (non-hydrogen) atoms. The summed E-state index contributed by atoms with van der Waals surface area (Å²) in [6.45, 7) is 0.386. The molecule has 2 aromatic carbocycles. The summed E-state index contributed by atoms with van der Waals surface area (Å²) in [5.41, 5.74) is 1.01. The molecule has 0 bridgehead atoms. The summed E-state index contributed by atoms with van der Waals surface area (Å²) in [5.74, 6) is 2.49. The van der Waals surface area contributed by atoms with Crippen molar-refractivity contribution in [2.75, 3.05) is 14.2 Å². The lowest BCUT2D eigenvalue weighted by atomic mass is 9.84. The quantitative estimate of drug-likeness (QED) is 0.823. The van der Waals surface area contributed by atoms with E-state index in [4.69, 9.17) is 14.2 Å². The summed E-state index contributed by atoms with van der Waals surface area (Å²) >= 11 is 0. The molecule has 6 nitrogen and oxygen atoms in total. The maximum Gasteiger partial charge on any atom is 0.224 e. The highest BCUT2D eigenvalue weighted by molar-refractivity contribution is 6.00. The minimum Gasteiger partial charge on any atom is -0.497 e. The maximum absolute atomic E-state index is 13.0. The number of carbonyl (C=O) groups excluding carboxylic acids is 2. The molecule has 1 spiro atoms. The number of rotatable bonds is 5. The SMILES string of the molecule is COc1ccc(CNC(=O)[C@H]2[C@@H]3CC[C@@]4(CC(=O)c5ccccc5O4)[C@@H]32)c(OC)c1. The van der Waals surface area contributed by atoms with Gasteiger partial charge < -0.3 is 19.5 Å². The van der Waals surface area contributed by atoms with Crippen molar-refractivity contribution in [3.8, 4) is 17.2 Å². The lowest BCUT2D eigenvalue weighted by Crippen LogP contribution is -2.44. The van der Waals surface area contributed by atoms with Crippen LogP contribution in [0.2, 0.25) is 0 Å². The van der Waals surface area contributed by atoms with Gasteiger partial charge in [0.2, 0.25) is 5.91 Å². The Morgan fingerprint density at radius 2 is 2.03 bits per heavy atom. The lowest BCUT2D eigenvalue weighted by Gasteiger charge is -2.37. The predicted molar refractivity (Wildman–Crippen MR) is 110 cm³/mol. The van der Waals surface area contributed by atoms with Gasteiger partial charge in [-0.1, -0.05) is 12.1 Å². The highest BCUT2D eigenvalue weighted by atomic mass is 16.5. The van der Waals surface area contributed by atoms with Gasteiger partial charge in [-0.15, -0.1) is 0 Å². The van der Waals surface area contributed by atoms with Gasteiger partial charge in [0.25, 0.3) is 0 Å². The molecule has 0 saturated heterocycles. The molecule has 1 amide bonds. The van der Waals surface area contributed by atoms with Crippen LogP contribution in [0.1, 0.15) is 35.2 Å². The normalized spacial score (nSPS) is 28.3. The number of fused-ring (bicyclic) bond motifs is 3. The predicted octanol–water partition coefficient (Wildman–Crippen LogP) is 3.38. The Bertz CT molecular complexity index is 1020. The number of Topliss-reactive ketones (excluding diaryl/α,β-unsaturated/α-hetero) is 1. The number of hydrogen-bond acceptors (Lipinski definition) is 5. The van der Waals surface area contributed by atoms with Crippen molar-refractivity contribution in [1.29, 1.82) is 0 Å². The molecule has 2 fully saturated rings. The molecule has 1 N–H and O–H groups in total. The van der Waals surface area contributed by atoms with E-state index in [1.807, 2.05) is 36.4 Å². The molecule has 5 rings (SSSR count). The van der Waals surface area contributed by atoms with Crippen LogP contribution in [0, 0.1) is 17.8 Å². The summed E-state index contributed by atoms with van der Waals surface area (Å²) in [7, 11) is 3.21. The highest BCUT2D eigenvalue weighted by Gasteiger charge is 2.70. The van der Waals surface area contributed by atoms with Crippen molar-refractivity contribution in [3.05, 3.63) is 53.6 Å². The summed E-state index contributed by atoms with van der Waals surface area (Å²) in [5, 5.41) is 3.05. The van der Waals surface area contributed by atoms with Gasteiger partial charge in [-0.2, -0.15) is 0 Å². The molecule has 2 aromatic rings. The molecule has 1 heterocycles. The lowest BCUT2D eigenvalue weighted by molar-refractivity contribution is -0.124. The van der Waals surface area contributed by atoms with E-state index >= 15 is 0 Å². The third-order valence-corrected chi connectivity index (χ3v) is 6.89. The number of nitrogens with one attached hydrogen (secondary N) is 1. The molecular weight excluding hydrogens is 382 g/mol. The monoisotopic (exact) mass is 407 g/mol. The number of methoxy groups -OCH3 is 2. The topological polar surface area (TPSA) is 73.9 Å². The van der Waals surface area contributed by atoms with Crippen LogP contribution in [0.15, 0.2) is 42.5 Å². The van der Waals surface area contributed by atoms with Crippen molar-refractivity contribution in [2.24, 2.45) is 17.8 Å². The molecule has 0 unspecified atom stereocenters. The van der Waals surface area contributed by atoms with Crippen molar-refractivity contribution in [1.82, 2.24) is 5.32 Å². The number of ketones is 1. The van der Waals surface area contributed by atoms with Crippen molar-refractivity contribution in [3.63, 3.8) is 0 Å². The van der Waals surface area contributed by atoms with Gasteiger partial charge in [-0.25, -0.2) is 0 Å². The number of ether oxygens (including phenoxy) is 3. The minimum atomic E-state index is -0.532. The summed E-state index contributed by atoms with van der Waals surface area (Å²) in [6.07, 6.45) is 2.11. The van der Waals surface area contributed by atoms with E-state index in [0.29, 0.717) is 41.7 Å². The molecule has 0 radical (unpaired) electrons. The van der Waals surface area contributed by atoms with E-state index in [2.05, 4.69) is 5.32 Å². The smallest absolute Gasteiger partial charge is 0.224 e. The minimum absolute atomic E-state index is 0.0249. The standard InChI is InChI=1S/C24H25NO5/c1-28-15-8-7-14(20(11-15)29-2)13-25-23(27)21-17-9-10-24(22(17)21)12-18(26)16-5-3-4-6-19(16)30-24/h3-8,11,17,21-22H,9-10,12-13H2,1-2H3,(H,25,27)/t17-,21-,22-,24+/m0/s1. The van der Waals surface area contributed by atoms with E-state index in [-0.39, 0.29) is 23.5 Å². The molecule has 1 aliphatic heterocycles. The van der Waals surface area contributed by atoms with Gasteiger partial charge in [0.05, 0.1) is 26.2 Å². The van der Waals surface area contributed by atoms with E-state index < -0.39 is 5.60 Å². The van der Waals surface area contributed by atoms with Crippen LogP contribution in [0.4, 0.5) is 0 Å². The first kappa shape index (κ1) is 19.0. The first-order chi connectivity index (χ1) is 14.6. The van der Waals surface area contributed by atoms with E-state index in [1.165, 1.54) is 0 Å². The second kappa shape index (κ2) is 7.04. The third-order valence-electron chi connectivity index (χ3n) is 6.89. The van der Waals surface area contributed by atoms with Crippen LogP contribution in [0.5, 0.6) is 17.2 Å². The fourth-order valence-electron chi connectivity index (χ4n) is 5.42. The van der Waals surface area contributed by atoms with E-state index in [0.717, 1.165) is 18.4 Å². The largest absolute Gasteiger partial charge is 0.497 e. The van der Waals surface area contributed by atoms with Gasteiger partial charge in [0.15, 0.2) is 5.78 Å². The Hall–Kier alpha value is -3.02. The number of amides is 1. The van der Waals surface area contributed by atoms with E-state index in [1.54, 1.807) is 20.3 Å². The molecule has 2 saturated carbocycles. The summed E-state index contributed by atoms with van der Waals surface area (Å²) < 4.78 is 17.0. The van der Waals surface area contributed by atoms with Gasteiger partial charge >= 0.3 is 0 Å². The van der Waals surface area contributed by atoms with Crippen LogP contribution in [0.25, 0.3) is 0 Å². The van der Waals surface area contributed by atoms with Gasteiger partial charge in [0.1, 0.15) is 22.8 Å². The van der Waals surface area contributed by atoms with Crippen LogP contribution in [-0.4, -0.2) is 31.5 Å². The average molecular weight is 407 g/mol. The number of hydrogen-bond donors (Lipinski definition) is 1. The number of benzene rings is 2. The molecular formula is C24H25NO5. The second-order valence-electron chi connectivity index (χ2n) is 8.41. The molecule has 156 valence electrons. The Morgan fingerprint density at radius 1 is 1.20 bits per heavy atom. The first-order valence-electron chi connectivity index (χ1n) is 10.4. The fourth-order valence-corrected chi connectivity index (χ4v) is 5.42. The van der Waals surface area contributed by atoms with Crippen molar-refractivity contribution < 1.29 is 23.8 Å². The number of carbonyl (C=O) groups is 2. The zero-order chi connectivity index (χ0) is 20.9. The van der Waals surface area contributed by atoms with Crippen LogP contribution in [-0.2, 0) is 11.3 Å². The fraction of sp³-hybridized carbons (Fsp3) is 0.417. The van der Waals surface area contributed by atoms with Gasteiger partial charge in [-0.05, 0) is 43.0 Å². The maximum atomic E-state index is 13.0. The molecule has 0 aromatic heterocycles. The Balaban J connectivity index is 1.28. The van der Waals surface area contributed by atoms with Crippen LogP contribution in [0.3, 0.4) is 0 Å². The highest BCUT2D eigenvalue weighted by Crippen LogP contribution is 2.65. The van der Waals surface area contributed by atoms with E-state index in [9.17, 15) is 9.59 Å². The Kier molecular flexibility index (Phi) is 4.45. The van der Waals surface area contributed by atoms with Gasteiger partial charge in [0, 0.05) is 30.0 Å². The molecule has 4 atom stereocenters. The molecule has 2 aliphatic carbocycles. The summed E-state index contributed by atoms with van der Waals surface area (Å²) in [4.78, 5) is 25.7. The Labute approximate surface area is 175 Å². The number of para-hydroxylation sites is 1. The van der Waals surface area contributed by atoms with Crippen LogP contribution >= 0.6 is 0 Å². The zero-order valence-corrected chi connectivity index (χ0v) is 17.1. The van der Waals surface area contributed by atoms with Crippen molar-refractivity contribution in [2.45, 2.75) is 31.4 Å². The van der Waals surface area contributed by atoms with Crippen LogP contribution < -0.4 is 19.5 Å². The second-order valence-corrected chi connectivity index (χ2v) is 8.41. The zero-order valence-electron chi connectivity index (χ0n) is 17.1. The van der Waals surface area contributed by atoms with Gasteiger partial charge in [-0.3, -0.25) is 9.59 Å². The average Bonchev–Trinajstić information content (AvgIpc) is 3.42. The molecule has 3 aliphatic rings. The third kappa shape index (κ3) is 2.93. The summed E-state index contributed by atoms with van der Waals surface area (Å²) in [6, 6.07) is 13.0. The first-order valence-corrected chi connectivity index (χ1v) is 10.4. The van der Waals surface area contributed by atoms with Crippen molar-refractivity contribution >= 4 is 11.7 Å². The Morgan fingerprint density at radius 3 is 2.83 bits per heavy atom. The molecule has 6 heteroatoms.